The molecule has 4 aliphatic carbocycles. The van der Waals surface area contributed by atoms with Crippen LogP contribution in [-0.2, 0) is 4.79 Å². The summed E-state index contributed by atoms with van der Waals surface area (Å²) in [5.41, 5.74) is 2.93. The van der Waals surface area contributed by atoms with Crippen LogP contribution in [0, 0.1) is 29.6 Å². The van der Waals surface area contributed by atoms with Gasteiger partial charge in [0.15, 0.2) is 11.4 Å². The number of Topliss-reactive ketones (excluding diaryl/α,β-unsaturated/α-hetero) is 1. The van der Waals surface area contributed by atoms with E-state index in [9.17, 15) is 40.5 Å². The lowest BCUT2D eigenvalue weighted by molar-refractivity contribution is -0.201. The fraction of sp³-hybridized carbons (Fsp3) is 0.708. The number of aliphatic hydroxyl groups excluding tert-OH is 6. The van der Waals surface area contributed by atoms with Gasteiger partial charge < -0.3 is 46.4 Å². The van der Waals surface area contributed by atoms with Crippen molar-refractivity contribution in [3.8, 4) is 0 Å². The van der Waals surface area contributed by atoms with Crippen LogP contribution < -0.4 is 5.73 Å². The molecule has 10 nitrogen and oxygen atoms in total. The van der Waals surface area contributed by atoms with Crippen molar-refractivity contribution < 1.29 is 40.5 Å². The zero-order chi connectivity index (χ0) is 25.1. The Bertz CT molecular complexity index is 928. The van der Waals surface area contributed by atoms with Gasteiger partial charge >= 0.3 is 0 Å². The average Bonchev–Trinajstić information content (AvgIpc) is 2.74. The Balaban J connectivity index is 1.68. The van der Waals surface area contributed by atoms with Gasteiger partial charge in [0.1, 0.15) is 17.7 Å². The highest BCUT2D eigenvalue weighted by atomic mass is 16.4. The summed E-state index contributed by atoms with van der Waals surface area (Å²) in [6, 6.07) is 0. The molecule has 0 amide bonds. The zero-order valence-corrected chi connectivity index (χ0v) is 19.4. The largest absolute Gasteiger partial charge is 0.509 e. The second-order valence-electron chi connectivity index (χ2n) is 10.6. The Hall–Kier alpha value is -1.79. The number of hydrogen-bond acceptors (Lipinski definition) is 10. The molecule has 10 heteroatoms. The normalized spacial score (nSPS) is 41.8. The minimum atomic E-state index is -2.26. The lowest BCUT2D eigenvalue weighted by Crippen LogP contribution is -2.66. The standard InChI is InChI=1S/C24H36N2O8/c1-26(2)6-5-14(27)12-3-4-15(28)18-13(12)8-10-7-11-9-16(29)19(23(25)33)22(32)24(11,34)21(31)17(10)20(18)30/h3-4,10-14,17,20-21,23,27-28,30-34H,5-9,25H2,1-2H3/t10-,11+,12?,13?,14?,17?,20?,21?,23?,24+/m1/s1. The van der Waals surface area contributed by atoms with Crippen LogP contribution in [0.5, 0.6) is 0 Å². The van der Waals surface area contributed by atoms with Gasteiger partial charge in [0.2, 0.25) is 0 Å². The van der Waals surface area contributed by atoms with Crippen molar-refractivity contribution in [2.24, 2.45) is 35.3 Å². The van der Waals surface area contributed by atoms with Crippen molar-refractivity contribution in [2.75, 3.05) is 20.6 Å². The Morgan fingerprint density at radius 1 is 1.21 bits per heavy atom. The number of rotatable bonds is 5. The molecule has 0 aromatic carbocycles. The van der Waals surface area contributed by atoms with Crippen LogP contribution in [0.2, 0.25) is 0 Å². The molecule has 9 N–H and O–H groups in total. The van der Waals surface area contributed by atoms with E-state index in [-0.39, 0.29) is 36.4 Å². The molecule has 10 atom stereocenters. The third-order valence-electron chi connectivity index (χ3n) is 8.42. The van der Waals surface area contributed by atoms with E-state index < -0.39 is 59.1 Å². The van der Waals surface area contributed by atoms with E-state index in [0.717, 1.165) is 0 Å². The van der Waals surface area contributed by atoms with Crippen molar-refractivity contribution in [3.05, 3.63) is 34.8 Å². The van der Waals surface area contributed by atoms with E-state index in [0.29, 0.717) is 25.0 Å². The number of nitrogens with two attached hydrogens (primary N) is 1. The molecule has 0 aliphatic heterocycles. The highest BCUT2D eigenvalue weighted by molar-refractivity contribution is 5.98. The van der Waals surface area contributed by atoms with Crippen LogP contribution in [0.15, 0.2) is 34.8 Å². The molecule has 0 bridgehead atoms. The van der Waals surface area contributed by atoms with Crippen LogP contribution in [-0.4, -0.2) is 97.2 Å². The first-order valence-corrected chi connectivity index (χ1v) is 11.8. The highest BCUT2D eigenvalue weighted by Crippen LogP contribution is 2.57. The molecule has 0 spiro atoms. The highest BCUT2D eigenvalue weighted by Gasteiger charge is 2.63. The van der Waals surface area contributed by atoms with Crippen molar-refractivity contribution in [3.63, 3.8) is 0 Å². The van der Waals surface area contributed by atoms with Gasteiger partial charge in [0, 0.05) is 36.3 Å². The maximum Gasteiger partial charge on any atom is 0.166 e. The van der Waals surface area contributed by atoms with Crippen LogP contribution in [0.25, 0.3) is 0 Å². The smallest absolute Gasteiger partial charge is 0.166 e. The van der Waals surface area contributed by atoms with Crippen LogP contribution in [0.4, 0.5) is 0 Å². The molecule has 4 rings (SSSR count). The van der Waals surface area contributed by atoms with Crippen LogP contribution >= 0.6 is 0 Å². The molecule has 190 valence electrons. The molecular formula is C24H36N2O8. The molecule has 34 heavy (non-hydrogen) atoms. The number of aliphatic hydroxyl groups is 7. The third-order valence-corrected chi connectivity index (χ3v) is 8.42. The second kappa shape index (κ2) is 9.02. The number of ketones is 1. The number of fused-ring (bicyclic) bond motifs is 3. The monoisotopic (exact) mass is 480 g/mol. The maximum absolute atomic E-state index is 12.5. The topological polar surface area (TPSA) is 188 Å². The van der Waals surface area contributed by atoms with Crippen molar-refractivity contribution in [1.29, 1.82) is 0 Å². The summed E-state index contributed by atoms with van der Waals surface area (Å²) in [4.78, 5) is 14.5. The van der Waals surface area contributed by atoms with Gasteiger partial charge in [0.05, 0.1) is 23.9 Å². The molecule has 0 aromatic heterocycles. The molecule has 7 unspecified atom stereocenters. The maximum atomic E-state index is 12.5. The summed E-state index contributed by atoms with van der Waals surface area (Å²) in [6.07, 6.45) is -1.40. The molecule has 0 heterocycles. The van der Waals surface area contributed by atoms with Gasteiger partial charge in [-0.05, 0) is 51.3 Å². The lowest BCUT2D eigenvalue weighted by atomic mass is 9.51. The minimum absolute atomic E-state index is 0.134. The molecule has 2 fully saturated rings. The Morgan fingerprint density at radius 2 is 1.88 bits per heavy atom. The first-order valence-electron chi connectivity index (χ1n) is 11.8. The first kappa shape index (κ1) is 25.3. The molecular weight excluding hydrogens is 444 g/mol. The predicted octanol–water partition coefficient (Wildman–Crippen LogP) is -0.916. The predicted molar refractivity (Wildman–Crippen MR) is 121 cm³/mol. The molecule has 0 saturated heterocycles. The summed E-state index contributed by atoms with van der Waals surface area (Å²) in [5.74, 6) is -4.42. The van der Waals surface area contributed by atoms with E-state index in [1.54, 1.807) is 6.08 Å². The molecule has 4 aliphatic rings. The average molecular weight is 481 g/mol. The SMILES string of the molecule is CN(C)CCC(O)C1C=CC(O)=C2C(O)C3C(O)[C@]4(O)C(O)=C(C(N)O)C(=O)C[C@@H]4C[C@@H]3CC21. The van der Waals surface area contributed by atoms with Gasteiger partial charge in [-0.15, -0.1) is 0 Å². The lowest BCUT2D eigenvalue weighted by Gasteiger charge is -2.57. The quantitative estimate of drug-likeness (QED) is 0.229. The number of carbonyl (C=O) groups is 1. The Morgan fingerprint density at radius 3 is 2.50 bits per heavy atom. The van der Waals surface area contributed by atoms with E-state index in [4.69, 9.17) is 5.73 Å². The number of carbonyl (C=O) groups excluding carboxylic acids is 1. The van der Waals surface area contributed by atoms with E-state index in [1.807, 2.05) is 19.0 Å². The van der Waals surface area contributed by atoms with Gasteiger partial charge in [-0.1, -0.05) is 6.08 Å². The first-order chi connectivity index (χ1) is 15.9. The van der Waals surface area contributed by atoms with E-state index >= 15 is 0 Å². The third kappa shape index (κ3) is 3.81. The number of allylic oxidation sites excluding steroid dienone is 1. The zero-order valence-electron chi connectivity index (χ0n) is 19.4. The Kier molecular flexibility index (Phi) is 6.71. The molecule has 0 radical (unpaired) electrons. The molecule has 0 aromatic rings. The summed E-state index contributed by atoms with van der Waals surface area (Å²) in [6.45, 7) is 0.661. The number of hydrogen-bond donors (Lipinski definition) is 8. The fourth-order valence-electron chi connectivity index (χ4n) is 6.74. The van der Waals surface area contributed by atoms with Gasteiger partial charge in [-0.3, -0.25) is 4.79 Å². The van der Waals surface area contributed by atoms with Gasteiger partial charge in [0.25, 0.3) is 0 Å². The second-order valence-corrected chi connectivity index (χ2v) is 10.6. The summed E-state index contributed by atoms with van der Waals surface area (Å²) in [7, 11) is 3.81. The van der Waals surface area contributed by atoms with Gasteiger partial charge in [-0.25, -0.2) is 0 Å². The van der Waals surface area contributed by atoms with Crippen molar-refractivity contribution in [2.45, 2.75) is 55.8 Å². The van der Waals surface area contributed by atoms with Crippen LogP contribution in [0.3, 0.4) is 0 Å². The minimum Gasteiger partial charge on any atom is -0.509 e. The Labute approximate surface area is 198 Å². The van der Waals surface area contributed by atoms with Crippen molar-refractivity contribution in [1.82, 2.24) is 4.90 Å². The number of nitrogens with zero attached hydrogens (tertiary/aromatic N) is 1. The summed E-state index contributed by atoms with van der Waals surface area (Å²) < 4.78 is 0. The van der Waals surface area contributed by atoms with Crippen molar-refractivity contribution >= 4 is 5.78 Å². The van der Waals surface area contributed by atoms with E-state index in [1.165, 1.54) is 6.08 Å². The van der Waals surface area contributed by atoms with Gasteiger partial charge in [-0.2, -0.15) is 0 Å². The van der Waals surface area contributed by atoms with Crippen LogP contribution in [0.1, 0.15) is 25.7 Å². The summed E-state index contributed by atoms with van der Waals surface area (Å²) in [5, 5.41) is 76.0. The van der Waals surface area contributed by atoms with E-state index in [2.05, 4.69) is 0 Å². The fourth-order valence-corrected chi connectivity index (χ4v) is 6.74. The summed E-state index contributed by atoms with van der Waals surface area (Å²) >= 11 is 0. The molecule has 2 saturated carbocycles.